The molecule has 2 amide bonds. The lowest BCUT2D eigenvalue weighted by atomic mass is 10.0. The van der Waals surface area contributed by atoms with Crippen LogP contribution in [0.15, 0.2) is 24.3 Å². The van der Waals surface area contributed by atoms with Crippen LogP contribution in [0.2, 0.25) is 5.02 Å². The first-order valence-corrected chi connectivity index (χ1v) is 9.01. The van der Waals surface area contributed by atoms with Crippen LogP contribution in [0, 0.1) is 5.92 Å². The number of ether oxygens (including phenoxy) is 2. The van der Waals surface area contributed by atoms with Crippen molar-refractivity contribution in [3.63, 3.8) is 0 Å². The van der Waals surface area contributed by atoms with Gasteiger partial charge in [-0.05, 0) is 30.9 Å². The number of nitrogens with one attached hydrogen (secondary N) is 2. The third-order valence-electron chi connectivity index (χ3n) is 3.94. The van der Waals surface area contributed by atoms with E-state index in [0.717, 1.165) is 0 Å². The van der Waals surface area contributed by atoms with Gasteiger partial charge >= 0.3 is 0 Å². The molecule has 1 aromatic carbocycles. The quantitative estimate of drug-likeness (QED) is 0.630. The minimum absolute atomic E-state index is 0.195. The highest BCUT2D eigenvalue weighted by atomic mass is 35.5. The maximum Gasteiger partial charge on any atom is 0.258 e. The summed E-state index contributed by atoms with van der Waals surface area (Å²) in [6.07, 6.45) is -0.0176. The third-order valence-corrected chi connectivity index (χ3v) is 4.26. The molecule has 1 fully saturated rings. The maximum atomic E-state index is 12.5. The summed E-state index contributed by atoms with van der Waals surface area (Å²) in [7, 11) is 0. The average molecular weight is 385 g/mol. The van der Waals surface area contributed by atoms with Crippen molar-refractivity contribution in [2.75, 3.05) is 13.2 Å². The molecule has 1 aliphatic heterocycles. The van der Waals surface area contributed by atoms with Gasteiger partial charge in [-0.1, -0.05) is 37.6 Å². The predicted molar refractivity (Wildman–Crippen MR) is 96.8 cm³/mol. The van der Waals surface area contributed by atoms with E-state index >= 15 is 0 Å². The van der Waals surface area contributed by atoms with Crippen LogP contribution >= 0.6 is 11.6 Å². The minimum atomic E-state index is -1.02. The number of carbonyl (C=O) groups excluding carboxylic acids is 2. The fourth-order valence-corrected chi connectivity index (χ4v) is 2.84. The van der Waals surface area contributed by atoms with Crippen molar-refractivity contribution in [3.05, 3.63) is 29.3 Å². The molecule has 7 nitrogen and oxygen atoms in total. The highest BCUT2D eigenvalue weighted by Gasteiger charge is 2.31. The van der Waals surface area contributed by atoms with Gasteiger partial charge in [0.25, 0.3) is 5.91 Å². The highest BCUT2D eigenvalue weighted by molar-refractivity contribution is 6.32. The molecule has 26 heavy (non-hydrogen) atoms. The van der Waals surface area contributed by atoms with Crippen LogP contribution in [0.3, 0.4) is 0 Å². The van der Waals surface area contributed by atoms with E-state index < -0.39 is 24.3 Å². The molecule has 1 aliphatic rings. The van der Waals surface area contributed by atoms with Gasteiger partial charge in [-0.2, -0.15) is 0 Å². The van der Waals surface area contributed by atoms with Gasteiger partial charge in [-0.15, -0.1) is 0 Å². The first kappa shape index (κ1) is 20.5. The van der Waals surface area contributed by atoms with Crippen molar-refractivity contribution in [3.8, 4) is 5.75 Å². The average Bonchev–Trinajstić information content (AvgIpc) is 2.98. The van der Waals surface area contributed by atoms with Crippen LogP contribution in [-0.4, -0.2) is 48.5 Å². The smallest absolute Gasteiger partial charge is 0.258 e. The number of halogens is 1. The number of amides is 2. The lowest BCUT2D eigenvalue weighted by Gasteiger charge is -2.23. The van der Waals surface area contributed by atoms with Gasteiger partial charge in [-0.3, -0.25) is 9.59 Å². The van der Waals surface area contributed by atoms with Gasteiger partial charge in [0.1, 0.15) is 11.8 Å². The zero-order valence-electron chi connectivity index (χ0n) is 14.9. The first-order chi connectivity index (χ1) is 12.4. The molecule has 3 N–H and O–H groups in total. The Morgan fingerprint density at radius 1 is 1.38 bits per heavy atom. The fourth-order valence-electron chi connectivity index (χ4n) is 2.65. The van der Waals surface area contributed by atoms with Gasteiger partial charge in [0.2, 0.25) is 5.91 Å². The van der Waals surface area contributed by atoms with Crippen molar-refractivity contribution in [1.29, 1.82) is 0 Å². The van der Waals surface area contributed by atoms with Crippen molar-refractivity contribution in [2.45, 2.75) is 45.1 Å². The summed E-state index contributed by atoms with van der Waals surface area (Å²) < 4.78 is 10.4. The zero-order chi connectivity index (χ0) is 19.1. The second kappa shape index (κ2) is 9.75. The van der Waals surface area contributed by atoms with Crippen LogP contribution in [0.4, 0.5) is 0 Å². The summed E-state index contributed by atoms with van der Waals surface area (Å²) in [6.45, 7) is 4.06. The number of benzene rings is 1. The number of hydrogen-bond donors (Lipinski definition) is 3. The maximum absolute atomic E-state index is 12.5. The van der Waals surface area contributed by atoms with E-state index in [1.54, 1.807) is 24.3 Å². The van der Waals surface area contributed by atoms with E-state index in [1.165, 1.54) is 0 Å². The fraction of sp³-hybridized carbons (Fsp3) is 0.556. The Morgan fingerprint density at radius 3 is 2.73 bits per heavy atom. The molecule has 0 radical (unpaired) electrons. The molecule has 8 heteroatoms. The third kappa shape index (κ3) is 6.16. The van der Waals surface area contributed by atoms with E-state index in [-0.39, 0.29) is 18.4 Å². The van der Waals surface area contributed by atoms with Crippen LogP contribution in [0.25, 0.3) is 0 Å². The van der Waals surface area contributed by atoms with Crippen LogP contribution in [0.5, 0.6) is 5.75 Å². The molecule has 144 valence electrons. The van der Waals surface area contributed by atoms with Gasteiger partial charge in [0.05, 0.1) is 17.7 Å². The SMILES string of the molecule is CC(C)C[C@H](NC(=O)COc1ccccc1Cl)C(=O)N[C@H]1CCOC1O. The normalized spacial score (nSPS) is 20.7. The van der Waals surface area contributed by atoms with E-state index in [9.17, 15) is 14.7 Å². The molecule has 0 bridgehead atoms. The summed E-state index contributed by atoms with van der Waals surface area (Å²) in [6, 6.07) is 5.66. The van der Waals surface area contributed by atoms with E-state index in [2.05, 4.69) is 10.6 Å². The van der Waals surface area contributed by atoms with Gasteiger partial charge in [0.15, 0.2) is 12.9 Å². The molecular weight excluding hydrogens is 360 g/mol. The Balaban J connectivity index is 1.90. The van der Waals surface area contributed by atoms with Crippen LogP contribution in [-0.2, 0) is 14.3 Å². The number of carbonyl (C=O) groups is 2. The topological polar surface area (TPSA) is 96.9 Å². The minimum Gasteiger partial charge on any atom is -0.482 e. The number of aliphatic hydroxyl groups is 1. The molecule has 1 saturated heterocycles. The molecule has 0 saturated carbocycles. The largest absolute Gasteiger partial charge is 0.482 e. The lowest BCUT2D eigenvalue weighted by Crippen LogP contribution is -2.52. The van der Waals surface area contributed by atoms with Crippen LogP contribution < -0.4 is 15.4 Å². The number of rotatable bonds is 8. The Morgan fingerprint density at radius 2 is 2.12 bits per heavy atom. The Labute approximate surface area is 158 Å². The first-order valence-electron chi connectivity index (χ1n) is 8.63. The van der Waals surface area contributed by atoms with Gasteiger partial charge in [0, 0.05) is 0 Å². The second-order valence-corrected chi connectivity index (χ2v) is 7.04. The predicted octanol–water partition coefficient (Wildman–Crippen LogP) is 1.47. The zero-order valence-corrected chi connectivity index (χ0v) is 15.7. The van der Waals surface area contributed by atoms with Crippen molar-refractivity contribution >= 4 is 23.4 Å². The van der Waals surface area contributed by atoms with Gasteiger partial charge < -0.3 is 25.2 Å². The molecule has 0 aliphatic carbocycles. The van der Waals surface area contributed by atoms with Crippen molar-refractivity contribution in [2.24, 2.45) is 5.92 Å². The van der Waals surface area contributed by atoms with E-state index in [4.69, 9.17) is 21.1 Å². The standard InChI is InChI=1S/C18H25ClN2O5/c1-11(2)9-14(17(23)21-13-7-8-25-18(13)24)20-16(22)10-26-15-6-4-3-5-12(15)19/h3-6,11,13-14,18,24H,7-10H2,1-2H3,(H,20,22)(H,21,23)/t13-,14-,18?/m0/s1. The van der Waals surface area contributed by atoms with Crippen molar-refractivity contribution < 1.29 is 24.2 Å². The molecule has 1 aromatic rings. The van der Waals surface area contributed by atoms with Gasteiger partial charge in [-0.25, -0.2) is 0 Å². The summed E-state index contributed by atoms with van der Waals surface area (Å²) in [5, 5.41) is 15.5. The Bertz CT molecular complexity index is 625. The molecule has 1 unspecified atom stereocenters. The Kier molecular flexibility index (Phi) is 7.68. The summed E-state index contributed by atoms with van der Waals surface area (Å²) in [5.74, 6) is -0.172. The monoisotopic (exact) mass is 384 g/mol. The highest BCUT2D eigenvalue weighted by Crippen LogP contribution is 2.22. The summed E-state index contributed by atoms with van der Waals surface area (Å²) >= 11 is 5.99. The lowest BCUT2D eigenvalue weighted by molar-refractivity contribution is -0.132. The number of hydrogen-bond acceptors (Lipinski definition) is 5. The summed E-state index contributed by atoms with van der Waals surface area (Å²) in [4.78, 5) is 24.7. The van der Waals surface area contributed by atoms with Crippen molar-refractivity contribution in [1.82, 2.24) is 10.6 Å². The number of aliphatic hydroxyl groups excluding tert-OH is 1. The number of para-hydroxylation sites is 1. The molecule has 0 aromatic heterocycles. The Hall–Kier alpha value is -1.83. The second-order valence-electron chi connectivity index (χ2n) is 6.63. The van der Waals surface area contributed by atoms with E-state index in [0.29, 0.717) is 30.2 Å². The summed E-state index contributed by atoms with van der Waals surface area (Å²) in [5.41, 5.74) is 0. The van der Waals surface area contributed by atoms with Crippen LogP contribution in [0.1, 0.15) is 26.7 Å². The molecule has 2 rings (SSSR count). The molecular formula is C18H25ClN2O5. The van der Waals surface area contributed by atoms with E-state index in [1.807, 2.05) is 13.8 Å². The molecule has 0 spiro atoms. The molecule has 3 atom stereocenters. The molecule has 1 heterocycles.